The van der Waals surface area contributed by atoms with E-state index in [1.54, 1.807) is 0 Å². The Morgan fingerprint density at radius 2 is 1.88 bits per heavy atom. The first-order valence-electron chi connectivity index (χ1n) is 5.93. The van der Waals surface area contributed by atoms with Crippen molar-refractivity contribution >= 4 is 11.8 Å². The molecule has 0 atom stereocenters. The maximum Gasteiger partial charge on any atom is 0.119 e. The Labute approximate surface area is 102 Å². The number of hydrogen-bond donors (Lipinski definition) is 0. The molecular weight excluding hydrogens is 218 g/mol. The maximum atomic E-state index is 5.67. The van der Waals surface area contributed by atoms with E-state index in [-0.39, 0.29) is 0 Å². The van der Waals surface area contributed by atoms with Gasteiger partial charge >= 0.3 is 0 Å². The molecule has 0 aliphatic carbocycles. The summed E-state index contributed by atoms with van der Waals surface area (Å²) >= 11 is 2.06. The fourth-order valence-corrected chi connectivity index (χ4v) is 2.80. The molecule has 0 N–H and O–H groups in total. The summed E-state index contributed by atoms with van der Waals surface area (Å²) in [6.07, 6.45) is 1.12. The summed E-state index contributed by atoms with van der Waals surface area (Å²) in [7, 11) is 0. The minimum absolute atomic E-state index is 0.827. The third kappa shape index (κ3) is 4.06. The van der Waals surface area contributed by atoms with Crippen LogP contribution in [-0.2, 0) is 0 Å². The number of hydrogen-bond acceptors (Lipinski definition) is 3. The van der Waals surface area contributed by atoms with Crippen LogP contribution in [0.1, 0.15) is 6.42 Å². The fraction of sp³-hybridized carbons (Fsp3) is 0.538. The molecule has 2 nitrogen and oxygen atoms in total. The van der Waals surface area contributed by atoms with Crippen LogP contribution in [0.4, 0.5) is 0 Å². The van der Waals surface area contributed by atoms with Gasteiger partial charge in [0.1, 0.15) is 5.75 Å². The molecule has 1 aromatic carbocycles. The highest BCUT2D eigenvalue weighted by Gasteiger charge is 2.09. The van der Waals surface area contributed by atoms with Gasteiger partial charge in [-0.05, 0) is 18.6 Å². The topological polar surface area (TPSA) is 12.5 Å². The lowest BCUT2D eigenvalue weighted by molar-refractivity contribution is 0.248. The van der Waals surface area contributed by atoms with Crippen molar-refractivity contribution < 1.29 is 4.74 Å². The Bertz CT molecular complexity index is 285. The smallest absolute Gasteiger partial charge is 0.119 e. The SMILES string of the molecule is c1ccc(OCCCN2CCSCC2)cc1. The number of rotatable bonds is 5. The first-order chi connectivity index (χ1) is 7.95. The van der Waals surface area contributed by atoms with Gasteiger partial charge in [0.25, 0.3) is 0 Å². The molecule has 88 valence electrons. The standard InChI is InChI=1S/C13H19NOS/c1-2-5-13(6-3-1)15-10-4-7-14-8-11-16-12-9-14/h1-3,5-6H,4,7-12H2. The van der Waals surface area contributed by atoms with Gasteiger partial charge in [-0.1, -0.05) is 18.2 Å². The van der Waals surface area contributed by atoms with E-state index in [9.17, 15) is 0 Å². The van der Waals surface area contributed by atoms with Crippen LogP contribution in [0.25, 0.3) is 0 Å². The molecule has 0 radical (unpaired) electrons. The molecule has 0 spiro atoms. The largest absolute Gasteiger partial charge is 0.494 e. The number of ether oxygens (including phenoxy) is 1. The predicted molar refractivity (Wildman–Crippen MR) is 70.3 cm³/mol. The Kier molecular flexibility index (Phi) is 5.03. The minimum Gasteiger partial charge on any atom is -0.494 e. The molecule has 3 heteroatoms. The van der Waals surface area contributed by atoms with Crippen molar-refractivity contribution in [1.29, 1.82) is 0 Å². The van der Waals surface area contributed by atoms with Crippen LogP contribution in [0.3, 0.4) is 0 Å². The van der Waals surface area contributed by atoms with Crippen LogP contribution in [0.2, 0.25) is 0 Å². The molecule has 0 amide bonds. The van der Waals surface area contributed by atoms with Gasteiger partial charge in [-0.3, -0.25) is 0 Å². The van der Waals surface area contributed by atoms with E-state index in [0.29, 0.717) is 0 Å². The Morgan fingerprint density at radius 3 is 2.62 bits per heavy atom. The van der Waals surface area contributed by atoms with E-state index >= 15 is 0 Å². The first-order valence-corrected chi connectivity index (χ1v) is 7.08. The third-order valence-corrected chi connectivity index (χ3v) is 3.68. The number of thioether (sulfide) groups is 1. The summed E-state index contributed by atoms with van der Waals surface area (Å²) in [5, 5.41) is 0. The van der Waals surface area contributed by atoms with Crippen molar-refractivity contribution in [3.05, 3.63) is 30.3 Å². The van der Waals surface area contributed by atoms with E-state index in [2.05, 4.69) is 16.7 Å². The van der Waals surface area contributed by atoms with E-state index < -0.39 is 0 Å². The summed E-state index contributed by atoms with van der Waals surface area (Å²) in [6, 6.07) is 10.1. The Hall–Kier alpha value is -0.670. The number of benzene rings is 1. The van der Waals surface area contributed by atoms with Crippen LogP contribution >= 0.6 is 11.8 Å². The molecule has 1 aliphatic heterocycles. The highest BCUT2D eigenvalue weighted by Crippen LogP contribution is 2.10. The third-order valence-electron chi connectivity index (χ3n) is 2.73. The number of para-hydroxylation sites is 1. The maximum absolute atomic E-state index is 5.67. The molecule has 1 aliphatic rings. The lowest BCUT2D eigenvalue weighted by Crippen LogP contribution is -2.33. The van der Waals surface area contributed by atoms with E-state index in [4.69, 9.17) is 4.74 Å². The Balaban J connectivity index is 1.58. The molecule has 0 unspecified atom stereocenters. The summed E-state index contributed by atoms with van der Waals surface area (Å²) in [5.41, 5.74) is 0. The Morgan fingerprint density at radius 1 is 1.12 bits per heavy atom. The molecule has 1 saturated heterocycles. The van der Waals surface area contributed by atoms with Crippen LogP contribution in [0.5, 0.6) is 5.75 Å². The van der Waals surface area contributed by atoms with Crippen molar-refractivity contribution in [1.82, 2.24) is 4.90 Å². The lowest BCUT2D eigenvalue weighted by Gasteiger charge is -2.25. The van der Waals surface area contributed by atoms with Gasteiger partial charge in [0.15, 0.2) is 0 Å². The van der Waals surface area contributed by atoms with Crippen LogP contribution < -0.4 is 4.74 Å². The summed E-state index contributed by atoms with van der Waals surface area (Å²) < 4.78 is 5.67. The molecule has 1 fully saturated rings. The lowest BCUT2D eigenvalue weighted by atomic mass is 10.3. The van der Waals surface area contributed by atoms with Gasteiger partial charge in [0, 0.05) is 31.1 Å². The molecule has 0 aromatic heterocycles. The van der Waals surface area contributed by atoms with Gasteiger partial charge in [0.2, 0.25) is 0 Å². The summed E-state index contributed by atoms with van der Waals surface area (Å²) in [4.78, 5) is 2.53. The summed E-state index contributed by atoms with van der Waals surface area (Å²) in [5.74, 6) is 3.57. The second kappa shape index (κ2) is 6.81. The van der Waals surface area contributed by atoms with Crippen molar-refractivity contribution in [2.24, 2.45) is 0 Å². The van der Waals surface area contributed by atoms with E-state index in [1.165, 1.54) is 31.1 Å². The molecule has 2 rings (SSSR count). The zero-order chi connectivity index (χ0) is 11.1. The van der Waals surface area contributed by atoms with Crippen molar-refractivity contribution in [3.63, 3.8) is 0 Å². The van der Waals surface area contributed by atoms with Gasteiger partial charge in [-0.25, -0.2) is 0 Å². The molecule has 1 heterocycles. The van der Waals surface area contributed by atoms with Gasteiger partial charge in [0.05, 0.1) is 6.61 Å². The van der Waals surface area contributed by atoms with Crippen molar-refractivity contribution in [2.45, 2.75) is 6.42 Å². The second-order valence-electron chi connectivity index (χ2n) is 3.97. The molecule has 16 heavy (non-hydrogen) atoms. The molecular formula is C13H19NOS. The van der Waals surface area contributed by atoms with Crippen molar-refractivity contribution in [2.75, 3.05) is 37.7 Å². The van der Waals surface area contributed by atoms with Crippen LogP contribution in [-0.4, -0.2) is 42.6 Å². The summed E-state index contributed by atoms with van der Waals surface area (Å²) in [6.45, 7) is 4.49. The minimum atomic E-state index is 0.827. The number of nitrogens with zero attached hydrogens (tertiary/aromatic N) is 1. The van der Waals surface area contributed by atoms with Crippen LogP contribution in [0.15, 0.2) is 30.3 Å². The molecule has 1 aromatic rings. The normalized spacial score (nSPS) is 17.2. The zero-order valence-corrected chi connectivity index (χ0v) is 10.4. The van der Waals surface area contributed by atoms with Crippen LogP contribution in [0, 0.1) is 0 Å². The predicted octanol–water partition coefficient (Wildman–Crippen LogP) is 2.50. The molecule has 0 saturated carbocycles. The average Bonchev–Trinajstić information content (AvgIpc) is 2.37. The van der Waals surface area contributed by atoms with Gasteiger partial charge in [-0.2, -0.15) is 11.8 Å². The van der Waals surface area contributed by atoms with Crippen molar-refractivity contribution in [3.8, 4) is 5.75 Å². The second-order valence-corrected chi connectivity index (χ2v) is 5.19. The van der Waals surface area contributed by atoms with Gasteiger partial charge in [-0.15, -0.1) is 0 Å². The van der Waals surface area contributed by atoms with Gasteiger partial charge < -0.3 is 9.64 Å². The van der Waals surface area contributed by atoms with E-state index in [0.717, 1.165) is 18.8 Å². The fourth-order valence-electron chi connectivity index (χ4n) is 1.82. The zero-order valence-electron chi connectivity index (χ0n) is 9.60. The molecule has 0 bridgehead atoms. The quantitative estimate of drug-likeness (QED) is 0.730. The monoisotopic (exact) mass is 237 g/mol. The van der Waals surface area contributed by atoms with E-state index in [1.807, 2.05) is 30.3 Å². The average molecular weight is 237 g/mol. The highest BCUT2D eigenvalue weighted by molar-refractivity contribution is 7.99. The highest BCUT2D eigenvalue weighted by atomic mass is 32.2. The first kappa shape index (κ1) is 11.8.